The van der Waals surface area contributed by atoms with Gasteiger partial charge in [-0.05, 0) is 36.2 Å². The fraction of sp³-hybridized carbons (Fsp3) is 0.100. The second-order valence-corrected chi connectivity index (χ2v) is 7.66. The van der Waals surface area contributed by atoms with E-state index in [1.165, 1.54) is 23.0 Å². The van der Waals surface area contributed by atoms with Crippen molar-refractivity contribution in [2.75, 3.05) is 3.11 Å². The van der Waals surface area contributed by atoms with E-state index in [9.17, 15) is 4.39 Å². The zero-order valence-corrected chi connectivity index (χ0v) is 16.1. The van der Waals surface area contributed by atoms with Crippen LogP contribution in [0.25, 0.3) is 20.2 Å². The second kappa shape index (κ2) is 6.33. The van der Waals surface area contributed by atoms with Gasteiger partial charge in [0, 0.05) is 10.8 Å². The summed E-state index contributed by atoms with van der Waals surface area (Å²) >= 11 is 3.85. The highest BCUT2D eigenvalue weighted by atomic mass is 127. The third kappa shape index (κ3) is 2.58. The van der Waals surface area contributed by atoms with Crippen LogP contribution in [0.5, 0.6) is 0 Å². The Morgan fingerprint density at radius 1 is 0.917 bits per heavy atom. The minimum atomic E-state index is -0.146. The molecule has 0 radical (unpaired) electrons. The predicted molar refractivity (Wildman–Crippen MR) is 111 cm³/mol. The molecule has 1 aromatic heterocycles. The summed E-state index contributed by atoms with van der Waals surface area (Å²) in [4.78, 5) is 0. The molecule has 24 heavy (non-hydrogen) atoms. The number of benzene rings is 3. The van der Waals surface area contributed by atoms with Crippen molar-refractivity contribution in [2.24, 2.45) is 0 Å². The molecule has 4 rings (SSSR count). The maximum absolute atomic E-state index is 14.2. The van der Waals surface area contributed by atoms with E-state index >= 15 is 0 Å². The third-order valence-electron chi connectivity index (χ3n) is 4.24. The molecule has 0 atom stereocenters. The molecule has 1 heterocycles. The molecule has 0 saturated heterocycles. The lowest BCUT2D eigenvalue weighted by atomic mass is 10.1. The van der Waals surface area contributed by atoms with E-state index in [2.05, 4.69) is 69.3 Å². The highest BCUT2D eigenvalue weighted by Gasteiger charge is 2.15. The topological polar surface area (TPSA) is 3.24 Å². The number of aryl methyl sites for hydroxylation is 1. The van der Waals surface area contributed by atoms with Crippen LogP contribution in [0.2, 0.25) is 0 Å². The SMILES string of the molecule is CCc1ccc(N(I)c2cccc3c2sc2c(F)cccc23)cc1. The Labute approximate surface area is 158 Å². The maximum atomic E-state index is 14.2. The van der Waals surface area contributed by atoms with Crippen LogP contribution in [0.3, 0.4) is 0 Å². The Kier molecular flexibility index (Phi) is 4.18. The number of anilines is 2. The van der Waals surface area contributed by atoms with Gasteiger partial charge in [0.15, 0.2) is 0 Å². The summed E-state index contributed by atoms with van der Waals surface area (Å²) in [5.74, 6) is -0.146. The molecule has 0 fully saturated rings. The van der Waals surface area contributed by atoms with E-state index < -0.39 is 0 Å². The Hall–Kier alpha value is -1.66. The van der Waals surface area contributed by atoms with Crippen LogP contribution in [0.1, 0.15) is 12.5 Å². The van der Waals surface area contributed by atoms with E-state index in [-0.39, 0.29) is 5.82 Å². The van der Waals surface area contributed by atoms with Crippen LogP contribution in [-0.2, 0) is 6.42 Å². The van der Waals surface area contributed by atoms with Gasteiger partial charge in [0.2, 0.25) is 0 Å². The number of rotatable bonds is 3. The molecule has 0 unspecified atom stereocenters. The van der Waals surface area contributed by atoms with Crippen LogP contribution >= 0.6 is 34.2 Å². The first-order chi connectivity index (χ1) is 11.7. The molecule has 0 aliphatic rings. The smallest absolute Gasteiger partial charge is 0.141 e. The minimum Gasteiger partial charge on any atom is -0.282 e. The lowest BCUT2D eigenvalue weighted by Crippen LogP contribution is -2.00. The van der Waals surface area contributed by atoms with Gasteiger partial charge in [-0.25, -0.2) is 4.39 Å². The molecular weight excluding hydrogens is 432 g/mol. The van der Waals surface area contributed by atoms with Crippen molar-refractivity contribution in [2.45, 2.75) is 13.3 Å². The van der Waals surface area contributed by atoms with Crippen molar-refractivity contribution < 1.29 is 4.39 Å². The lowest BCUT2D eigenvalue weighted by molar-refractivity contribution is 0.642. The predicted octanol–water partition coefficient (Wildman–Crippen LogP) is 7.24. The molecule has 0 aliphatic heterocycles. The van der Waals surface area contributed by atoms with Gasteiger partial charge in [0.1, 0.15) is 5.82 Å². The summed E-state index contributed by atoms with van der Waals surface area (Å²) in [6.07, 6.45) is 1.03. The van der Waals surface area contributed by atoms with Crippen molar-refractivity contribution in [3.8, 4) is 0 Å². The second-order valence-electron chi connectivity index (χ2n) is 5.67. The third-order valence-corrected chi connectivity index (χ3v) is 6.57. The molecular formula is C20H15FINS. The molecule has 0 saturated carbocycles. The van der Waals surface area contributed by atoms with Gasteiger partial charge in [-0.15, -0.1) is 11.3 Å². The van der Waals surface area contributed by atoms with E-state index in [4.69, 9.17) is 0 Å². The minimum absolute atomic E-state index is 0.146. The van der Waals surface area contributed by atoms with Crippen LogP contribution in [-0.4, -0.2) is 0 Å². The van der Waals surface area contributed by atoms with Crippen LogP contribution in [0, 0.1) is 5.82 Å². The summed E-state index contributed by atoms with van der Waals surface area (Å²) < 4.78 is 18.1. The van der Waals surface area contributed by atoms with Gasteiger partial charge < -0.3 is 0 Å². The zero-order chi connectivity index (χ0) is 16.7. The number of halogens is 2. The molecule has 3 aromatic carbocycles. The van der Waals surface area contributed by atoms with Gasteiger partial charge >= 0.3 is 0 Å². The van der Waals surface area contributed by atoms with E-state index in [1.807, 2.05) is 12.1 Å². The first-order valence-electron chi connectivity index (χ1n) is 7.83. The fourth-order valence-electron chi connectivity index (χ4n) is 2.93. The molecule has 0 spiro atoms. The normalized spacial score (nSPS) is 11.3. The van der Waals surface area contributed by atoms with Gasteiger partial charge in [0.25, 0.3) is 0 Å². The molecule has 0 aliphatic carbocycles. The van der Waals surface area contributed by atoms with Crippen molar-refractivity contribution >= 4 is 65.7 Å². The van der Waals surface area contributed by atoms with Crippen molar-refractivity contribution in [3.63, 3.8) is 0 Å². The monoisotopic (exact) mass is 447 g/mol. The number of hydrogen-bond donors (Lipinski definition) is 0. The number of hydrogen-bond acceptors (Lipinski definition) is 2. The quantitative estimate of drug-likeness (QED) is 0.236. The van der Waals surface area contributed by atoms with E-state index in [0.717, 1.165) is 38.0 Å². The largest absolute Gasteiger partial charge is 0.282 e. The summed E-state index contributed by atoms with van der Waals surface area (Å²) in [7, 11) is 0. The number of nitrogens with zero attached hydrogens (tertiary/aromatic N) is 1. The molecule has 0 N–H and O–H groups in total. The molecule has 120 valence electrons. The van der Waals surface area contributed by atoms with Gasteiger partial charge in [-0.1, -0.05) is 43.3 Å². The van der Waals surface area contributed by atoms with Gasteiger partial charge in [0.05, 0.1) is 43.6 Å². The average Bonchev–Trinajstić information content (AvgIpc) is 3.01. The van der Waals surface area contributed by atoms with E-state index in [1.54, 1.807) is 6.07 Å². The highest BCUT2D eigenvalue weighted by molar-refractivity contribution is 14.1. The van der Waals surface area contributed by atoms with Crippen LogP contribution in [0.4, 0.5) is 15.8 Å². The maximum Gasteiger partial charge on any atom is 0.141 e. The Balaban J connectivity index is 1.89. The zero-order valence-electron chi connectivity index (χ0n) is 13.1. The lowest BCUT2D eigenvalue weighted by Gasteiger charge is -2.18. The van der Waals surface area contributed by atoms with Crippen molar-refractivity contribution in [1.29, 1.82) is 0 Å². The van der Waals surface area contributed by atoms with Crippen molar-refractivity contribution in [3.05, 3.63) is 72.0 Å². The van der Waals surface area contributed by atoms with Crippen LogP contribution < -0.4 is 3.11 Å². The number of thiophene rings is 1. The van der Waals surface area contributed by atoms with Crippen molar-refractivity contribution in [1.82, 2.24) is 0 Å². The number of fused-ring (bicyclic) bond motifs is 3. The molecule has 0 bridgehead atoms. The molecule has 4 aromatic rings. The first-order valence-corrected chi connectivity index (χ1v) is 9.61. The Bertz CT molecular complexity index is 1020. The van der Waals surface area contributed by atoms with Gasteiger partial charge in [-0.3, -0.25) is 3.11 Å². The molecule has 4 heteroatoms. The first kappa shape index (κ1) is 15.8. The van der Waals surface area contributed by atoms with E-state index in [0.29, 0.717) is 0 Å². The highest BCUT2D eigenvalue weighted by Crippen LogP contribution is 2.43. The molecule has 1 nitrogen and oxygen atoms in total. The Morgan fingerprint density at radius 2 is 1.58 bits per heavy atom. The van der Waals surface area contributed by atoms with Crippen LogP contribution in [0.15, 0.2) is 60.7 Å². The average molecular weight is 447 g/mol. The summed E-state index contributed by atoms with van der Waals surface area (Å²) in [6.45, 7) is 2.16. The summed E-state index contributed by atoms with van der Waals surface area (Å²) in [6, 6.07) is 20.1. The fourth-order valence-corrected chi connectivity index (χ4v) is 5.02. The standard InChI is InChI=1S/C20H15FINS/c1-2-13-9-11-14(12-10-13)23(22)18-8-4-6-16-15-5-3-7-17(21)19(15)24-20(16)18/h3-12H,2H2,1H3. The summed E-state index contributed by atoms with van der Waals surface area (Å²) in [5, 5.41) is 2.10. The summed E-state index contributed by atoms with van der Waals surface area (Å²) in [5.41, 5.74) is 3.54. The molecule has 0 amide bonds. The Morgan fingerprint density at radius 3 is 2.29 bits per heavy atom. The van der Waals surface area contributed by atoms with Gasteiger partial charge in [-0.2, -0.15) is 0 Å².